The number of carbonyl (C=O) groups excluding carboxylic acids is 2. The van der Waals surface area contributed by atoms with Gasteiger partial charge in [-0.25, -0.2) is 4.39 Å². The molecule has 0 bridgehead atoms. The lowest BCUT2D eigenvalue weighted by molar-refractivity contribution is -0.152. The Morgan fingerprint density at radius 3 is 2.58 bits per heavy atom. The third kappa shape index (κ3) is 4.94. The molecule has 2 aromatic carbocycles. The number of halogens is 3. The molecular weight excluding hydrogens is 356 g/mol. The number of nitrogens with one attached hydrogen (secondary N) is 1. The standard InChI is InChI=1S/C17H14Cl2FNO3/c1-10(17(23)21-15-5-3-2-4-14(15)20)24-16(22)8-11-6-7-12(18)9-13(11)19/h2-7,9-10H,8H2,1H3,(H,21,23)/t10-/m0/s1. The normalized spacial score (nSPS) is 11.7. The first-order valence-corrected chi connectivity index (χ1v) is 7.81. The van der Waals surface area contributed by atoms with Crippen LogP contribution in [0.2, 0.25) is 10.0 Å². The van der Waals surface area contributed by atoms with E-state index in [4.69, 9.17) is 27.9 Å². The van der Waals surface area contributed by atoms with Gasteiger partial charge in [0.25, 0.3) is 5.91 Å². The Morgan fingerprint density at radius 1 is 1.21 bits per heavy atom. The lowest BCUT2D eigenvalue weighted by atomic mass is 10.1. The number of amides is 1. The summed E-state index contributed by atoms with van der Waals surface area (Å²) >= 11 is 11.8. The van der Waals surface area contributed by atoms with Crippen LogP contribution in [0.25, 0.3) is 0 Å². The fourth-order valence-corrected chi connectivity index (χ4v) is 2.39. The molecule has 0 unspecified atom stereocenters. The molecule has 126 valence electrons. The quantitative estimate of drug-likeness (QED) is 0.801. The minimum absolute atomic E-state index is 0.0196. The summed E-state index contributed by atoms with van der Waals surface area (Å²) < 4.78 is 18.5. The van der Waals surface area contributed by atoms with E-state index in [1.54, 1.807) is 18.2 Å². The summed E-state index contributed by atoms with van der Waals surface area (Å²) in [7, 11) is 0. The Bertz CT molecular complexity index is 767. The van der Waals surface area contributed by atoms with Crippen LogP contribution in [-0.4, -0.2) is 18.0 Å². The molecule has 0 fully saturated rings. The van der Waals surface area contributed by atoms with Crippen LogP contribution in [0.4, 0.5) is 10.1 Å². The van der Waals surface area contributed by atoms with E-state index in [0.29, 0.717) is 15.6 Å². The van der Waals surface area contributed by atoms with Crippen molar-refractivity contribution in [3.05, 3.63) is 63.9 Å². The summed E-state index contributed by atoms with van der Waals surface area (Å²) in [5.41, 5.74) is 0.555. The maximum absolute atomic E-state index is 13.5. The van der Waals surface area contributed by atoms with Crippen molar-refractivity contribution in [1.29, 1.82) is 0 Å². The van der Waals surface area contributed by atoms with Crippen LogP contribution < -0.4 is 5.32 Å². The zero-order valence-corrected chi connectivity index (χ0v) is 14.2. The number of anilines is 1. The second kappa shape index (κ2) is 8.13. The van der Waals surface area contributed by atoms with Crippen molar-refractivity contribution in [3.63, 3.8) is 0 Å². The number of hydrogen-bond acceptors (Lipinski definition) is 3. The molecule has 0 saturated carbocycles. The first kappa shape index (κ1) is 18.2. The van der Waals surface area contributed by atoms with Gasteiger partial charge in [-0.3, -0.25) is 9.59 Å². The van der Waals surface area contributed by atoms with Crippen molar-refractivity contribution >= 4 is 40.8 Å². The highest BCUT2D eigenvalue weighted by Crippen LogP contribution is 2.22. The van der Waals surface area contributed by atoms with E-state index in [1.807, 2.05) is 0 Å². The number of esters is 1. The fraction of sp³-hybridized carbons (Fsp3) is 0.176. The van der Waals surface area contributed by atoms with E-state index in [0.717, 1.165) is 0 Å². The molecule has 0 spiro atoms. The summed E-state index contributed by atoms with van der Waals surface area (Å²) in [5, 5.41) is 3.15. The molecule has 0 radical (unpaired) electrons. The van der Waals surface area contributed by atoms with Gasteiger partial charge in [-0.1, -0.05) is 41.4 Å². The second-order valence-electron chi connectivity index (χ2n) is 5.01. The van der Waals surface area contributed by atoms with E-state index in [2.05, 4.69) is 5.32 Å². The molecule has 0 saturated heterocycles. The van der Waals surface area contributed by atoms with Crippen LogP contribution in [0.15, 0.2) is 42.5 Å². The van der Waals surface area contributed by atoms with Crippen molar-refractivity contribution in [1.82, 2.24) is 0 Å². The molecule has 0 aliphatic carbocycles. The van der Waals surface area contributed by atoms with Crippen LogP contribution >= 0.6 is 23.2 Å². The van der Waals surface area contributed by atoms with Gasteiger partial charge in [0.15, 0.2) is 6.10 Å². The Kier molecular flexibility index (Phi) is 6.17. The van der Waals surface area contributed by atoms with Gasteiger partial charge >= 0.3 is 5.97 Å². The smallest absolute Gasteiger partial charge is 0.311 e. The van der Waals surface area contributed by atoms with Crippen molar-refractivity contribution in [3.8, 4) is 0 Å². The van der Waals surface area contributed by atoms with Gasteiger partial charge in [-0.05, 0) is 36.8 Å². The minimum Gasteiger partial charge on any atom is -0.452 e. The fourth-order valence-electron chi connectivity index (χ4n) is 1.91. The van der Waals surface area contributed by atoms with Gasteiger partial charge in [0.1, 0.15) is 5.82 Å². The lowest BCUT2D eigenvalue weighted by Gasteiger charge is -2.14. The number of rotatable bonds is 5. The summed E-state index contributed by atoms with van der Waals surface area (Å²) in [5.74, 6) is -1.83. The lowest BCUT2D eigenvalue weighted by Crippen LogP contribution is -2.30. The number of carbonyl (C=O) groups is 2. The molecule has 2 aromatic rings. The summed E-state index contributed by atoms with van der Waals surface area (Å²) in [6, 6.07) is 10.4. The number of benzene rings is 2. The molecule has 0 aromatic heterocycles. The molecule has 0 aliphatic rings. The van der Waals surface area contributed by atoms with E-state index in [1.165, 1.54) is 31.2 Å². The summed E-state index contributed by atoms with van der Waals surface area (Å²) in [6.45, 7) is 1.40. The van der Waals surface area contributed by atoms with Crippen LogP contribution in [-0.2, 0) is 20.7 Å². The predicted molar refractivity (Wildman–Crippen MR) is 90.7 cm³/mol. The Balaban J connectivity index is 1.93. The Labute approximate surface area is 148 Å². The molecule has 1 amide bonds. The van der Waals surface area contributed by atoms with Gasteiger partial charge in [0.05, 0.1) is 12.1 Å². The van der Waals surface area contributed by atoms with Crippen molar-refractivity contribution in [2.45, 2.75) is 19.4 Å². The van der Waals surface area contributed by atoms with E-state index < -0.39 is 23.8 Å². The third-order valence-corrected chi connectivity index (χ3v) is 3.75. The molecule has 2 rings (SSSR count). The van der Waals surface area contributed by atoms with Crippen molar-refractivity contribution in [2.75, 3.05) is 5.32 Å². The molecule has 4 nitrogen and oxygen atoms in total. The van der Waals surface area contributed by atoms with Gasteiger partial charge in [0, 0.05) is 10.0 Å². The summed E-state index contributed by atoms with van der Waals surface area (Å²) in [6.07, 6.45) is -1.18. The largest absolute Gasteiger partial charge is 0.452 e. The first-order chi connectivity index (χ1) is 11.4. The maximum atomic E-state index is 13.5. The second-order valence-corrected chi connectivity index (χ2v) is 5.86. The molecule has 7 heteroatoms. The number of hydrogen-bond donors (Lipinski definition) is 1. The minimum atomic E-state index is -1.08. The highest BCUT2D eigenvalue weighted by Gasteiger charge is 2.19. The number of para-hydroxylation sites is 1. The average molecular weight is 370 g/mol. The highest BCUT2D eigenvalue weighted by atomic mass is 35.5. The van der Waals surface area contributed by atoms with Gasteiger partial charge < -0.3 is 10.1 Å². The van der Waals surface area contributed by atoms with Crippen molar-refractivity contribution in [2.24, 2.45) is 0 Å². The van der Waals surface area contributed by atoms with E-state index in [9.17, 15) is 14.0 Å². The maximum Gasteiger partial charge on any atom is 0.311 e. The predicted octanol–water partition coefficient (Wildman–Crippen LogP) is 4.25. The van der Waals surface area contributed by atoms with Gasteiger partial charge in [-0.2, -0.15) is 0 Å². The Hall–Kier alpha value is -2.11. The number of ether oxygens (including phenoxy) is 1. The van der Waals surface area contributed by atoms with Crippen LogP contribution in [0.3, 0.4) is 0 Å². The highest BCUT2D eigenvalue weighted by molar-refractivity contribution is 6.35. The molecule has 0 heterocycles. The molecule has 24 heavy (non-hydrogen) atoms. The third-order valence-electron chi connectivity index (χ3n) is 3.16. The average Bonchev–Trinajstić information content (AvgIpc) is 2.52. The van der Waals surface area contributed by atoms with Gasteiger partial charge in [-0.15, -0.1) is 0 Å². The molecule has 0 aliphatic heterocycles. The SMILES string of the molecule is C[C@H](OC(=O)Cc1ccc(Cl)cc1Cl)C(=O)Nc1ccccc1F. The van der Waals surface area contributed by atoms with Crippen LogP contribution in [0.5, 0.6) is 0 Å². The summed E-state index contributed by atoms with van der Waals surface area (Å²) in [4.78, 5) is 23.9. The molecular formula is C17H14Cl2FNO3. The zero-order chi connectivity index (χ0) is 17.7. The van der Waals surface area contributed by atoms with E-state index >= 15 is 0 Å². The van der Waals surface area contributed by atoms with E-state index in [-0.39, 0.29) is 12.1 Å². The van der Waals surface area contributed by atoms with Crippen LogP contribution in [0.1, 0.15) is 12.5 Å². The molecule has 1 atom stereocenters. The topological polar surface area (TPSA) is 55.4 Å². The Morgan fingerprint density at radius 2 is 1.92 bits per heavy atom. The monoisotopic (exact) mass is 369 g/mol. The first-order valence-electron chi connectivity index (χ1n) is 7.05. The van der Waals surface area contributed by atoms with Gasteiger partial charge in [0.2, 0.25) is 0 Å². The van der Waals surface area contributed by atoms with Crippen molar-refractivity contribution < 1.29 is 18.7 Å². The molecule has 1 N–H and O–H groups in total. The van der Waals surface area contributed by atoms with Crippen LogP contribution in [0, 0.1) is 5.82 Å². The zero-order valence-electron chi connectivity index (χ0n) is 12.7.